The minimum absolute atomic E-state index is 0.351. The van der Waals surface area contributed by atoms with Crippen molar-refractivity contribution >= 4 is 11.8 Å². The first-order valence-corrected chi connectivity index (χ1v) is 8.13. The SMILES string of the molecule is CCNC1CCC2(CC1Sc1ccncn1)OCCO2. The van der Waals surface area contributed by atoms with Gasteiger partial charge in [-0.1, -0.05) is 6.92 Å². The molecule has 1 saturated heterocycles. The Morgan fingerprint density at radius 1 is 1.45 bits per heavy atom. The number of nitrogens with one attached hydrogen (secondary N) is 1. The van der Waals surface area contributed by atoms with Crippen LogP contribution in [-0.2, 0) is 9.47 Å². The summed E-state index contributed by atoms with van der Waals surface area (Å²) in [4.78, 5) is 8.30. The highest BCUT2D eigenvalue weighted by Gasteiger charge is 2.45. The van der Waals surface area contributed by atoms with Gasteiger partial charge in [0.05, 0.1) is 18.2 Å². The molecule has 5 nitrogen and oxygen atoms in total. The predicted octanol–water partition coefficient (Wildman–Crippen LogP) is 1.84. The van der Waals surface area contributed by atoms with Gasteiger partial charge in [-0.3, -0.25) is 0 Å². The maximum atomic E-state index is 5.88. The molecule has 2 heterocycles. The van der Waals surface area contributed by atoms with Crippen molar-refractivity contribution in [1.29, 1.82) is 0 Å². The molecule has 20 heavy (non-hydrogen) atoms. The fourth-order valence-electron chi connectivity index (χ4n) is 2.99. The maximum Gasteiger partial charge on any atom is 0.169 e. The van der Waals surface area contributed by atoms with Crippen LogP contribution in [0.15, 0.2) is 23.6 Å². The van der Waals surface area contributed by atoms with E-state index in [0.29, 0.717) is 11.3 Å². The van der Waals surface area contributed by atoms with Crippen LogP contribution in [0.1, 0.15) is 26.2 Å². The second-order valence-electron chi connectivity index (χ2n) is 5.22. The zero-order valence-corrected chi connectivity index (χ0v) is 12.6. The van der Waals surface area contributed by atoms with Gasteiger partial charge in [0, 0.05) is 30.3 Å². The summed E-state index contributed by atoms with van der Waals surface area (Å²) in [5, 5.41) is 5.02. The highest BCUT2D eigenvalue weighted by molar-refractivity contribution is 7.99. The molecule has 3 rings (SSSR count). The molecule has 1 aromatic rings. The summed E-state index contributed by atoms with van der Waals surface area (Å²) in [6.07, 6.45) is 6.37. The fraction of sp³-hybridized carbons (Fsp3) is 0.714. The Morgan fingerprint density at radius 2 is 2.30 bits per heavy atom. The van der Waals surface area contributed by atoms with E-state index < -0.39 is 0 Å². The largest absolute Gasteiger partial charge is 0.347 e. The van der Waals surface area contributed by atoms with Crippen LogP contribution in [0.5, 0.6) is 0 Å². The van der Waals surface area contributed by atoms with E-state index in [9.17, 15) is 0 Å². The molecule has 2 atom stereocenters. The number of hydrogen-bond donors (Lipinski definition) is 1. The average molecular weight is 295 g/mol. The standard InChI is InChI=1S/C14H21N3O2S/c1-2-16-11-3-5-14(18-7-8-19-14)9-12(11)20-13-4-6-15-10-17-13/h4,6,10-12,16H,2-3,5,7-9H2,1H3. The van der Waals surface area contributed by atoms with Crippen molar-refractivity contribution in [2.75, 3.05) is 19.8 Å². The van der Waals surface area contributed by atoms with Gasteiger partial charge in [0.1, 0.15) is 6.33 Å². The summed E-state index contributed by atoms with van der Waals surface area (Å²) in [6, 6.07) is 2.45. The van der Waals surface area contributed by atoms with Crippen LogP contribution in [0, 0.1) is 0 Å². The molecule has 0 amide bonds. The molecule has 2 fully saturated rings. The van der Waals surface area contributed by atoms with Crippen molar-refractivity contribution in [3.8, 4) is 0 Å². The minimum atomic E-state index is -0.351. The number of rotatable bonds is 4. The summed E-state index contributed by atoms with van der Waals surface area (Å²) in [7, 11) is 0. The molecule has 2 aliphatic rings. The van der Waals surface area contributed by atoms with Gasteiger partial charge in [-0.05, 0) is 19.0 Å². The van der Waals surface area contributed by atoms with Gasteiger partial charge in [0.15, 0.2) is 5.79 Å². The summed E-state index contributed by atoms with van der Waals surface area (Å²) < 4.78 is 11.8. The van der Waals surface area contributed by atoms with Crippen LogP contribution >= 0.6 is 11.8 Å². The molecule has 0 aromatic carbocycles. The Labute approximate surface area is 123 Å². The molecule has 1 aromatic heterocycles. The second-order valence-corrected chi connectivity index (χ2v) is 6.48. The lowest BCUT2D eigenvalue weighted by Gasteiger charge is -2.40. The minimum Gasteiger partial charge on any atom is -0.347 e. The van der Waals surface area contributed by atoms with Gasteiger partial charge in [-0.15, -0.1) is 11.8 Å². The third-order valence-corrected chi connectivity index (χ3v) is 5.18. The third-order valence-electron chi connectivity index (χ3n) is 3.90. The van der Waals surface area contributed by atoms with Crippen molar-refractivity contribution in [2.45, 2.75) is 48.3 Å². The number of ether oxygens (including phenoxy) is 2. The fourth-order valence-corrected chi connectivity index (χ4v) is 4.29. The summed E-state index contributed by atoms with van der Waals surface area (Å²) in [5.74, 6) is -0.351. The molecular formula is C14H21N3O2S. The Balaban J connectivity index is 1.71. The second kappa shape index (κ2) is 6.39. The lowest BCUT2D eigenvalue weighted by molar-refractivity contribution is -0.178. The number of aromatic nitrogens is 2. The summed E-state index contributed by atoms with van der Waals surface area (Å²) in [5.41, 5.74) is 0. The van der Waals surface area contributed by atoms with Crippen molar-refractivity contribution in [1.82, 2.24) is 15.3 Å². The van der Waals surface area contributed by atoms with Crippen molar-refractivity contribution in [2.24, 2.45) is 0 Å². The van der Waals surface area contributed by atoms with Crippen LogP contribution in [0.2, 0.25) is 0 Å². The van der Waals surface area contributed by atoms with E-state index in [1.54, 1.807) is 24.3 Å². The van der Waals surface area contributed by atoms with Gasteiger partial charge in [-0.2, -0.15) is 0 Å². The monoisotopic (exact) mass is 295 g/mol. The molecule has 0 bridgehead atoms. The Kier molecular flexibility index (Phi) is 4.55. The smallest absolute Gasteiger partial charge is 0.169 e. The van der Waals surface area contributed by atoms with Crippen molar-refractivity contribution < 1.29 is 9.47 Å². The van der Waals surface area contributed by atoms with Gasteiger partial charge in [-0.25, -0.2) is 9.97 Å². The molecular weight excluding hydrogens is 274 g/mol. The van der Waals surface area contributed by atoms with Gasteiger partial charge in [0.2, 0.25) is 0 Å². The molecule has 0 radical (unpaired) electrons. The highest BCUT2D eigenvalue weighted by atomic mass is 32.2. The normalized spacial score (nSPS) is 28.9. The average Bonchev–Trinajstić information content (AvgIpc) is 2.92. The zero-order chi connectivity index (χ0) is 13.8. The first kappa shape index (κ1) is 14.3. The molecule has 1 aliphatic heterocycles. The first-order chi connectivity index (χ1) is 9.81. The first-order valence-electron chi connectivity index (χ1n) is 7.25. The van der Waals surface area contributed by atoms with Gasteiger partial charge >= 0.3 is 0 Å². The van der Waals surface area contributed by atoms with E-state index in [0.717, 1.165) is 44.0 Å². The molecule has 2 unspecified atom stereocenters. The molecule has 6 heteroatoms. The van der Waals surface area contributed by atoms with Gasteiger partial charge < -0.3 is 14.8 Å². The van der Waals surface area contributed by atoms with E-state index in [2.05, 4.69) is 22.2 Å². The van der Waals surface area contributed by atoms with E-state index >= 15 is 0 Å². The van der Waals surface area contributed by atoms with Crippen molar-refractivity contribution in [3.63, 3.8) is 0 Å². The van der Waals surface area contributed by atoms with E-state index in [-0.39, 0.29) is 5.79 Å². The number of nitrogens with zero attached hydrogens (tertiary/aromatic N) is 2. The third kappa shape index (κ3) is 3.14. The molecule has 1 N–H and O–H groups in total. The lowest BCUT2D eigenvalue weighted by Crippen LogP contribution is -2.49. The molecule has 1 aliphatic carbocycles. The number of thioether (sulfide) groups is 1. The number of hydrogen-bond acceptors (Lipinski definition) is 6. The molecule has 1 saturated carbocycles. The lowest BCUT2D eigenvalue weighted by atomic mass is 9.89. The Morgan fingerprint density at radius 3 is 3.00 bits per heavy atom. The van der Waals surface area contributed by atoms with Crippen LogP contribution in [0.25, 0.3) is 0 Å². The quantitative estimate of drug-likeness (QED) is 0.856. The van der Waals surface area contributed by atoms with Crippen LogP contribution in [-0.4, -0.2) is 46.8 Å². The summed E-state index contributed by atoms with van der Waals surface area (Å²) in [6.45, 7) is 4.58. The topological polar surface area (TPSA) is 56.3 Å². The van der Waals surface area contributed by atoms with E-state index in [1.807, 2.05) is 6.07 Å². The Hall–Kier alpha value is -0.690. The van der Waals surface area contributed by atoms with Gasteiger partial charge in [0.25, 0.3) is 0 Å². The van der Waals surface area contributed by atoms with E-state index in [1.165, 1.54) is 0 Å². The summed E-state index contributed by atoms with van der Waals surface area (Å²) >= 11 is 1.80. The highest BCUT2D eigenvalue weighted by Crippen LogP contribution is 2.42. The van der Waals surface area contributed by atoms with Crippen LogP contribution < -0.4 is 5.32 Å². The van der Waals surface area contributed by atoms with Crippen molar-refractivity contribution in [3.05, 3.63) is 18.6 Å². The maximum absolute atomic E-state index is 5.88. The molecule has 1 spiro atoms. The predicted molar refractivity (Wildman–Crippen MR) is 77.6 cm³/mol. The molecule has 110 valence electrons. The zero-order valence-electron chi connectivity index (χ0n) is 11.7. The Bertz CT molecular complexity index is 426. The van der Waals surface area contributed by atoms with E-state index in [4.69, 9.17) is 9.47 Å². The van der Waals surface area contributed by atoms with Crippen LogP contribution in [0.3, 0.4) is 0 Å². The van der Waals surface area contributed by atoms with Crippen LogP contribution in [0.4, 0.5) is 0 Å².